The molecule has 0 aliphatic carbocycles. The Morgan fingerprint density at radius 3 is 2.52 bits per heavy atom. The van der Waals surface area contributed by atoms with Crippen molar-refractivity contribution in [2.75, 3.05) is 0 Å². The number of hydrogen-bond donors (Lipinski definition) is 2. The summed E-state index contributed by atoms with van der Waals surface area (Å²) in [5.74, 6) is -3.05. The van der Waals surface area contributed by atoms with E-state index in [4.69, 9.17) is 5.73 Å². The van der Waals surface area contributed by atoms with Gasteiger partial charge >= 0.3 is 6.18 Å². The molecule has 1 amide bonds. The molecule has 23 heavy (non-hydrogen) atoms. The molecule has 0 fully saturated rings. The second-order valence-corrected chi connectivity index (χ2v) is 4.94. The fourth-order valence-corrected chi connectivity index (χ4v) is 2.39. The van der Waals surface area contributed by atoms with Crippen molar-refractivity contribution in [3.05, 3.63) is 59.7 Å². The molecule has 0 aliphatic rings. The summed E-state index contributed by atoms with van der Waals surface area (Å²) in [6.07, 6.45) is -2.07. The van der Waals surface area contributed by atoms with Crippen molar-refractivity contribution in [3.8, 4) is 0 Å². The number of primary amides is 1. The lowest BCUT2D eigenvalue weighted by atomic mass is 9.97. The number of aromatic amines is 1. The molecule has 8 heteroatoms. The maximum atomic E-state index is 13.5. The van der Waals surface area contributed by atoms with Gasteiger partial charge < -0.3 is 10.7 Å². The molecule has 0 aliphatic heterocycles. The lowest BCUT2D eigenvalue weighted by Gasteiger charge is -2.19. The molecule has 3 rings (SSSR count). The zero-order valence-corrected chi connectivity index (χ0v) is 11.6. The van der Waals surface area contributed by atoms with Crippen LogP contribution in [0.4, 0.5) is 13.2 Å². The van der Waals surface area contributed by atoms with Gasteiger partial charge in [-0.05, 0) is 5.56 Å². The van der Waals surface area contributed by atoms with Gasteiger partial charge in [0.1, 0.15) is 17.4 Å². The van der Waals surface area contributed by atoms with Crippen LogP contribution >= 0.6 is 0 Å². The maximum absolute atomic E-state index is 13.5. The predicted octanol–water partition coefficient (Wildman–Crippen LogP) is 2.75. The molecule has 0 bridgehead atoms. The second-order valence-electron chi connectivity index (χ2n) is 4.94. The first-order valence-corrected chi connectivity index (χ1v) is 6.63. The molecule has 118 valence electrons. The first kappa shape index (κ1) is 15.0. The average molecular weight is 320 g/mol. The van der Waals surface area contributed by atoms with Gasteiger partial charge in [-0.1, -0.05) is 30.3 Å². The van der Waals surface area contributed by atoms with Crippen LogP contribution in [0, 0.1) is 0 Å². The number of H-pyrrole nitrogens is 1. The van der Waals surface area contributed by atoms with E-state index >= 15 is 0 Å². The molecule has 0 saturated heterocycles. The number of rotatable bonds is 3. The lowest BCUT2D eigenvalue weighted by Crippen LogP contribution is -2.24. The number of fused-ring (bicyclic) bond motifs is 1. The van der Waals surface area contributed by atoms with Crippen molar-refractivity contribution in [1.82, 2.24) is 15.0 Å². The highest BCUT2D eigenvalue weighted by Crippen LogP contribution is 2.38. The molecule has 0 saturated carbocycles. The van der Waals surface area contributed by atoms with Gasteiger partial charge in [0.05, 0.1) is 5.56 Å². The molecule has 0 radical (unpaired) electrons. The number of aromatic nitrogens is 3. The van der Waals surface area contributed by atoms with E-state index in [9.17, 15) is 18.0 Å². The van der Waals surface area contributed by atoms with Crippen molar-refractivity contribution in [3.63, 3.8) is 0 Å². The molecular formula is C15H11F3N4O. The summed E-state index contributed by atoms with van der Waals surface area (Å²) in [5.41, 5.74) is 5.50. The van der Waals surface area contributed by atoms with Gasteiger partial charge in [0, 0.05) is 17.8 Å². The zero-order chi connectivity index (χ0) is 16.6. The topological polar surface area (TPSA) is 84.7 Å². The van der Waals surface area contributed by atoms with Gasteiger partial charge in [-0.25, -0.2) is 9.97 Å². The number of carbonyl (C=O) groups is 1. The van der Waals surface area contributed by atoms with Crippen molar-refractivity contribution in [1.29, 1.82) is 0 Å². The molecule has 0 unspecified atom stereocenters. The number of hydrogen-bond acceptors (Lipinski definition) is 3. The first-order valence-electron chi connectivity index (χ1n) is 6.63. The van der Waals surface area contributed by atoms with Crippen LogP contribution in [0.3, 0.4) is 0 Å². The van der Waals surface area contributed by atoms with Gasteiger partial charge in [-0.2, -0.15) is 13.2 Å². The molecule has 0 spiro atoms. The van der Waals surface area contributed by atoms with E-state index in [0.717, 1.165) is 0 Å². The summed E-state index contributed by atoms with van der Waals surface area (Å²) >= 11 is 0. The minimum atomic E-state index is -4.55. The Kier molecular flexibility index (Phi) is 3.51. The Labute approximate surface area is 128 Å². The van der Waals surface area contributed by atoms with E-state index in [2.05, 4.69) is 15.0 Å². The highest BCUT2D eigenvalue weighted by atomic mass is 19.4. The van der Waals surface area contributed by atoms with Crippen LogP contribution in [-0.2, 0) is 0 Å². The fourth-order valence-electron chi connectivity index (χ4n) is 2.39. The Morgan fingerprint density at radius 1 is 1.22 bits per heavy atom. The molecule has 1 atom stereocenters. The van der Waals surface area contributed by atoms with Crippen molar-refractivity contribution >= 4 is 16.9 Å². The molecule has 2 aromatic heterocycles. The number of halogens is 3. The molecular weight excluding hydrogens is 309 g/mol. The van der Waals surface area contributed by atoms with Crippen LogP contribution in [0.1, 0.15) is 27.7 Å². The van der Waals surface area contributed by atoms with Gasteiger partial charge in [0.15, 0.2) is 0 Å². The van der Waals surface area contributed by atoms with E-state index in [1.165, 1.54) is 36.7 Å². The summed E-state index contributed by atoms with van der Waals surface area (Å²) in [4.78, 5) is 21.6. The number of amides is 1. The largest absolute Gasteiger partial charge is 0.402 e. The van der Waals surface area contributed by atoms with Crippen molar-refractivity contribution in [2.45, 2.75) is 12.1 Å². The Bertz CT molecular complexity index is 858. The van der Waals surface area contributed by atoms with Crippen LogP contribution in [-0.4, -0.2) is 27.0 Å². The fraction of sp³-hybridized carbons (Fsp3) is 0.133. The number of benzene rings is 1. The van der Waals surface area contributed by atoms with Crippen molar-refractivity contribution < 1.29 is 18.0 Å². The predicted molar refractivity (Wildman–Crippen MR) is 76.7 cm³/mol. The van der Waals surface area contributed by atoms with E-state index < -0.39 is 23.8 Å². The third kappa shape index (κ3) is 2.75. The van der Waals surface area contributed by atoms with Gasteiger partial charge in [-0.3, -0.25) is 4.79 Å². The van der Waals surface area contributed by atoms with Crippen LogP contribution < -0.4 is 5.73 Å². The molecule has 3 aromatic rings. The summed E-state index contributed by atoms with van der Waals surface area (Å²) in [6, 6.07) is 7.41. The SMILES string of the molecule is NC(=O)c1c[nH]c2nc([C@H](c3ccccc3)C(F)(F)F)ncc12. The second kappa shape index (κ2) is 5.38. The van der Waals surface area contributed by atoms with Crippen LogP contribution in [0.15, 0.2) is 42.7 Å². The Hall–Kier alpha value is -2.90. The third-order valence-corrected chi connectivity index (χ3v) is 3.43. The minimum Gasteiger partial charge on any atom is -0.366 e. The molecule has 5 nitrogen and oxygen atoms in total. The van der Waals surface area contributed by atoms with Gasteiger partial charge in [0.25, 0.3) is 5.91 Å². The molecule has 2 heterocycles. The quantitative estimate of drug-likeness (QED) is 0.778. The normalized spacial score (nSPS) is 13.2. The number of nitrogens with zero attached hydrogens (tertiary/aromatic N) is 2. The van der Waals surface area contributed by atoms with E-state index in [-0.39, 0.29) is 22.2 Å². The number of nitrogens with one attached hydrogen (secondary N) is 1. The van der Waals surface area contributed by atoms with Crippen LogP contribution in [0.5, 0.6) is 0 Å². The summed E-state index contributed by atoms with van der Waals surface area (Å²) in [6.45, 7) is 0. The van der Waals surface area contributed by atoms with E-state index in [0.29, 0.717) is 0 Å². The Morgan fingerprint density at radius 2 is 1.91 bits per heavy atom. The summed E-state index contributed by atoms with van der Waals surface area (Å²) in [5, 5.41) is 0.287. The van der Waals surface area contributed by atoms with E-state index in [1.54, 1.807) is 6.07 Å². The number of nitrogens with two attached hydrogens (primary N) is 1. The zero-order valence-electron chi connectivity index (χ0n) is 11.6. The monoisotopic (exact) mass is 320 g/mol. The molecule has 3 N–H and O–H groups in total. The van der Waals surface area contributed by atoms with Crippen molar-refractivity contribution in [2.24, 2.45) is 5.73 Å². The Balaban J connectivity index is 2.14. The number of alkyl halides is 3. The van der Waals surface area contributed by atoms with Crippen LogP contribution in [0.2, 0.25) is 0 Å². The van der Waals surface area contributed by atoms with Gasteiger partial charge in [0.2, 0.25) is 0 Å². The van der Waals surface area contributed by atoms with Gasteiger partial charge in [-0.15, -0.1) is 0 Å². The van der Waals surface area contributed by atoms with E-state index in [1.807, 2.05) is 0 Å². The maximum Gasteiger partial charge on any atom is 0.402 e. The highest BCUT2D eigenvalue weighted by Gasteiger charge is 2.44. The smallest absolute Gasteiger partial charge is 0.366 e. The molecule has 1 aromatic carbocycles. The standard InChI is InChI=1S/C15H11F3N4O/c16-15(17,18)11(8-4-2-1-3-5-8)14-21-7-10-9(12(19)23)6-20-13(10)22-14/h1-7,11H,(H2,19,23)(H,20,21,22)/t11-/m0/s1. The third-order valence-electron chi connectivity index (χ3n) is 3.43. The lowest BCUT2D eigenvalue weighted by molar-refractivity contribution is -0.142. The first-order chi connectivity index (χ1) is 10.9. The highest BCUT2D eigenvalue weighted by molar-refractivity contribution is 6.04. The minimum absolute atomic E-state index is 0.0426. The summed E-state index contributed by atoms with van der Waals surface area (Å²) < 4.78 is 40.4. The average Bonchev–Trinajstić information content (AvgIpc) is 2.90. The number of carbonyl (C=O) groups excluding carboxylic acids is 1. The summed E-state index contributed by atoms with van der Waals surface area (Å²) in [7, 11) is 0. The van der Waals surface area contributed by atoms with Crippen LogP contribution in [0.25, 0.3) is 11.0 Å².